The fraction of sp³-hybridized carbons (Fsp3) is 0.130. The number of carbonyl (C=O) groups excluding carboxylic acids is 2. The van der Waals surface area contributed by atoms with Gasteiger partial charge in [0.05, 0.1) is 12.2 Å². The first-order valence-corrected chi connectivity index (χ1v) is 10.5. The number of hydrogen-bond acceptors (Lipinski definition) is 4. The summed E-state index contributed by atoms with van der Waals surface area (Å²) in [5, 5.41) is 4.85. The van der Waals surface area contributed by atoms with Crippen molar-refractivity contribution in [2.75, 3.05) is 0 Å². The molecule has 0 bridgehead atoms. The van der Waals surface area contributed by atoms with E-state index in [2.05, 4.69) is 26.2 Å². The van der Waals surface area contributed by atoms with Gasteiger partial charge in [-0.3, -0.25) is 18.9 Å². The first-order valence-electron chi connectivity index (χ1n) is 9.66. The van der Waals surface area contributed by atoms with Gasteiger partial charge >= 0.3 is 6.03 Å². The van der Waals surface area contributed by atoms with E-state index >= 15 is 0 Å². The predicted molar refractivity (Wildman–Crippen MR) is 120 cm³/mol. The predicted octanol–water partition coefficient (Wildman–Crippen LogP) is 3.58. The van der Waals surface area contributed by atoms with Crippen molar-refractivity contribution in [1.29, 1.82) is 0 Å². The highest BCUT2D eigenvalue weighted by Crippen LogP contribution is 2.31. The highest BCUT2D eigenvalue weighted by atomic mass is 79.9. The molecule has 0 spiro atoms. The quantitative estimate of drug-likeness (QED) is 0.458. The Morgan fingerprint density at radius 1 is 1.00 bits per heavy atom. The van der Waals surface area contributed by atoms with Gasteiger partial charge in [0.2, 0.25) is 0 Å². The Hall–Kier alpha value is -3.52. The summed E-state index contributed by atoms with van der Waals surface area (Å²) in [6, 6.07) is 17.8. The van der Waals surface area contributed by atoms with Crippen molar-refractivity contribution in [3.8, 4) is 0 Å². The van der Waals surface area contributed by atoms with E-state index in [0.29, 0.717) is 16.9 Å². The lowest BCUT2D eigenvalue weighted by Crippen LogP contribution is -2.40. The fourth-order valence-electron chi connectivity index (χ4n) is 3.91. The number of pyridine rings is 1. The van der Waals surface area contributed by atoms with Crippen LogP contribution in [0.4, 0.5) is 4.79 Å². The molecule has 5 rings (SSSR count). The van der Waals surface area contributed by atoms with Gasteiger partial charge < -0.3 is 5.32 Å². The van der Waals surface area contributed by atoms with Gasteiger partial charge in [-0.25, -0.2) is 9.78 Å². The van der Waals surface area contributed by atoms with Gasteiger partial charge in [-0.15, -0.1) is 0 Å². The highest BCUT2D eigenvalue weighted by molar-refractivity contribution is 9.10. The normalized spacial score (nSPS) is 18.7. The molecule has 0 saturated carbocycles. The lowest BCUT2D eigenvalue weighted by Gasteiger charge is -2.22. The maximum Gasteiger partial charge on any atom is 0.325 e. The molecule has 1 atom stereocenters. The van der Waals surface area contributed by atoms with Crippen LogP contribution >= 0.6 is 15.9 Å². The standard InChI is InChI=1S/C23H17BrN4O3/c1-23(16-7-6-14-4-2-3-5-15(14)10-16)21(30)28(22(31)26-23)13-18-11-20(29)27-12-17(24)8-9-19(27)25-18/h2-12H,13H2,1H3,(H,26,31)/t23-/m1/s1. The van der Waals surface area contributed by atoms with Crippen molar-refractivity contribution in [1.82, 2.24) is 19.6 Å². The third-order valence-corrected chi connectivity index (χ3v) is 6.07. The molecule has 2 aromatic carbocycles. The number of carbonyl (C=O) groups is 2. The summed E-state index contributed by atoms with van der Waals surface area (Å²) in [4.78, 5) is 44.0. The molecule has 31 heavy (non-hydrogen) atoms. The van der Waals surface area contributed by atoms with Crippen LogP contribution in [0.5, 0.6) is 0 Å². The Bertz CT molecular complexity index is 1450. The molecule has 1 N–H and O–H groups in total. The molecular weight excluding hydrogens is 460 g/mol. The summed E-state index contributed by atoms with van der Waals surface area (Å²) in [5.41, 5.74) is 0.000402. The molecule has 4 aromatic rings. The summed E-state index contributed by atoms with van der Waals surface area (Å²) in [6.45, 7) is 1.60. The van der Waals surface area contributed by atoms with E-state index in [-0.39, 0.29) is 18.0 Å². The summed E-state index contributed by atoms with van der Waals surface area (Å²) >= 11 is 3.33. The molecule has 0 radical (unpaired) electrons. The molecule has 1 fully saturated rings. The van der Waals surface area contributed by atoms with Gasteiger partial charge in [-0.1, -0.05) is 36.4 Å². The van der Waals surface area contributed by atoms with Crippen molar-refractivity contribution in [3.63, 3.8) is 0 Å². The van der Waals surface area contributed by atoms with Gasteiger partial charge in [0.15, 0.2) is 0 Å². The zero-order valence-electron chi connectivity index (χ0n) is 16.5. The second kappa shape index (κ2) is 7.02. The van der Waals surface area contributed by atoms with Gasteiger partial charge in [0.25, 0.3) is 11.5 Å². The Morgan fingerprint density at radius 2 is 1.77 bits per heavy atom. The second-order valence-corrected chi connectivity index (χ2v) is 8.59. The minimum atomic E-state index is -1.20. The van der Waals surface area contributed by atoms with Crippen LogP contribution in [-0.2, 0) is 16.9 Å². The molecule has 1 saturated heterocycles. The van der Waals surface area contributed by atoms with E-state index in [0.717, 1.165) is 20.1 Å². The van der Waals surface area contributed by atoms with Crippen LogP contribution < -0.4 is 10.9 Å². The van der Waals surface area contributed by atoms with Crippen LogP contribution in [0.3, 0.4) is 0 Å². The molecule has 2 aromatic heterocycles. The second-order valence-electron chi connectivity index (χ2n) is 7.67. The van der Waals surface area contributed by atoms with Crippen LogP contribution in [0.15, 0.2) is 76.1 Å². The van der Waals surface area contributed by atoms with E-state index in [9.17, 15) is 14.4 Å². The van der Waals surface area contributed by atoms with Crippen LogP contribution in [0.25, 0.3) is 16.4 Å². The summed E-state index contributed by atoms with van der Waals surface area (Å²) < 4.78 is 2.15. The van der Waals surface area contributed by atoms with Gasteiger partial charge in [-0.05, 0) is 57.4 Å². The summed E-state index contributed by atoms with van der Waals surface area (Å²) in [5.74, 6) is -0.384. The number of halogens is 1. The highest BCUT2D eigenvalue weighted by Gasteiger charge is 2.49. The lowest BCUT2D eigenvalue weighted by atomic mass is 9.90. The lowest BCUT2D eigenvalue weighted by molar-refractivity contribution is -0.131. The number of nitrogens with one attached hydrogen (secondary N) is 1. The number of hydrogen-bond donors (Lipinski definition) is 1. The Kier molecular flexibility index (Phi) is 4.40. The zero-order valence-corrected chi connectivity index (χ0v) is 18.1. The summed E-state index contributed by atoms with van der Waals surface area (Å²) in [6.07, 6.45) is 1.62. The first-order chi connectivity index (χ1) is 14.8. The van der Waals surface area contributed by atoms with Crippen LogP contribution in [0.1, 0.15) is 18.2 Å². The Morgan fingerprint density at radius 3 is 2.58 bits per heavy atom. The molecule has 0 aliphatic carbocycles. The number of rotatable bonds is 3. The van der Waals surface area contributed by atoms with E-state index in [1.807, 2.05) is 42.5 Å². The molecule has 1 aliphatic heterocycles. The monoisotopic (exact) mass is 476 g/mol. The topological polar surface area (TPSA) is 83.8 Å². The number of urea groups is 1. The van der Waals surface area contributed by atoms with E-state index in [1.54, 1.807) is 25.3 Å². The molecule has 8 heteroatoms. The van der Waals surface area contributed by atoms with E-state index < -0.39 is 11.6 Å². The number of nitrogens with zero attached hydrogens (tertiary/aromatic N) is 3. The smallest absolute Gasteiger partial charge is 0.319 e. The van der Waals surface area contributed by atoms with Crippen LogP contribution in [-0.4, -0.2) is 26.2 Å². The van der Waals surface area contributed by atoms with Crippen molar-refractivity contribution in [3.05, 3.63) is 92.9 Å². The molecule has 1 aliphatic rings. The van der Waals surface area contributed by atoms with E-state index in [4.69, 9.17) is 0 Å². The third-order valence-electron chi connectivity index (χ3n) is 5.60. The number of aromatic nitrogens is 2. The Balaban J connectivity index is 1.49. The molecule has 3 heterocycles. The van der Waals surface area contributed by atoms with Crippen molar-refractivity contribution >= 4 is 44.3 Å². The molecule has 3 amide bonds. The van der Waals surface area contributed by atoms with Gasteiger partial charge in [0, 0.05) is 16.7 Å². The fourth-order valence-corrected chi connectivity index (χ4v) is 4.24. The number of amides is 3. The number of benzene rings is 2. The minimum Gasteiger partial charge on any atom is -0.319 e. The molecular formula is C23H17BrN4O3. The van der Waals surface area contributed by atoms with Gasteiger partial charge in [0.1, 0.15) is 11.2 Å². The minimum absolute atomic E-state index is 0.0877. The van der Waals surface area contributed by atoms with Gasteiger partial charge in [-0.2, -0.15) is 0 Å². The maximum atomic E-state index is 13.3. The number of imide groups is 1. The van der Waals surface area contributed by atoms with Crippen molar-refractivity contribution in [2.45, 2.75) is 19.0 Å². The van der Waals surface area contributed by atoms with Crippen LogP contribution in [0.2, 0.25) is 0 Å². The summed E-state index contributed by atoms with van der Waals surface area (Å²) in [7, 11) is 0. The molecule has 7 nitrogen and oxygen atoms in total. The SMILES string of the molecule is C[C@]1(c2ccc3ccccc3c2)NC(=O)N(Cc2cc(=O)n3cc(Br)ccc3n2)C1=O. The van der Waals surface area contributed by atoms with E-state index in [1.165, 1.54) is 10.5 Å². The largest absolute Gasteiger partial charge is 0.325 e. The van der Waals surface area contributed by atoms with Crippen LogP contribution in [0, 0.1) is 0 Å². The Labute approximate surface area is 185 Å². The molecule has 0 unspecified atom stereocenters. The zero-order chi connectivity index (χ0) is 21.8. The number of fused-ring (bicyclic) bond motifs is 2. The van der Waals surface area contributed by atoms with Crippen molar-refractivity contribution < 1.29 is 9.59 Å². The first kappa shape index (κ1) is 19.4. The average molecular weight is 477 g/mol. The third kappa shape index (κ3) is 3.19. The average Bonchev–Trinajstić information content (AvgIpc) is 2.98. The molecule has 154 valence electrons. The van der Waals surface area contributed by atoms with Crippen molar-refractivity contribution in [2.24, 2.45) is 0 Å². The maximum absolute atomic E-state index is 13.3.